The Hall–Kier alpha value is -1.65. The Kier molecular flexibility index (Phi) is 3.60. The van der Waals surface area contributed by atoms with Gasteiger partial charge in [-0.2, -0.15) is 0 Å². The Labute approximate surface area is 85.8 Å². The molecule has 3 nitrogen and oxygen atoms in total. The van der Waals surface area contributed by atoms with Gasteiger partial charge in [-0.3, -0.25) is 0 Å². The summed E-state index contributed by atoms with van der Waals surface area (Å²) < 4.78 is 30.4. The minimum absolute atomic E-state index is 0.151. The van der Waals surface area contributed by atoms with Crippen LogP contribution in [0.3, 0.4) is 0 Å². The minimum atomic E-state index is -1.22. The standard InChI is InChI=1S/C10H11F2NO2/c1-2-5-15-10(14)6-3-4-7(11)8(12)9(6)13/h3-4H,2,5,13H2,1H3. The summed E-state index contributed by atoms with van der Waals surface area (Å²) in [5, 5.41) is 0. The van der Waals surface area contributed by atoms with Crippen molar-refractivity contribution < 1.29 is 18.3 Å². The molecule has 0 aromatic heterocycles. The van der Waals surface area contributed by atoms with Gasteiger partial charge in [0.05, 0.1) is 17.9 Å². The molecule has 0 aliphatic carbocycles. The van der Waals surface area contributed by atoms with Crippen LogP contribution in [-0.4, -0.2) is 12.6 Å². The molecule has 0 unspecified atom stereocenters. The van der Waals surface area contributed by atoms with E-state index >= 15 is 0 Å². The van der Waals surface area contributed by atoms with E-state index in [4.69, 9.17) is 10.5 Å². The van der Waals surface area contributed by atoms with E-state index in [1.54, 1.807) is 0 Å². The third-order valence-corrected chi connectivity index (χ3v) is 1.79. The lowest BCUT2D eigenvalue weighted by Gasteiger charge is -2.06. The van der Waals surface area contributed by atoms with Crippen LogP contribution in [0.2, 0.25) is 0 Å². The van der Waals surface area contributed by atoms with Crippen molar-refractivity contribution in [3.8, 4) is 0 Å². The number of ether oxygens (including phenoxy) is 1. The first kappa shape index (κ1) is 11.4. The van der Waals surface area contributed by atoms with Crippen LogP contribution >= 0.6 is 0 Å². The molecule has 0 fully saturated rings. The number of hydrogen-bond acceptors (Lipinski definition) is 3. The number of nitrogen functional groups attached to an aromatic ring is 1. The Morgan fingerprint density at radius 2 is 2.13 bits per heavy atom. The predicted molar refractivity (Wildman–Crippen MR) is 51.3 cm³/mol. The van der Waals surface area contributed by atoms with Crippen LogP contribution in [0, 0.1) is 11.6 Å². The van der Waals surface area contributed by atoms with Crippen molar-refractivity contribution in [1.29, 1.82) is 0 Å². The number of esters is 1. The second kappa shape index (κ2) is 4.72. The first-order chi connectivity index (χ1) is 7.07. The molecule has 1 rings (SSSR count). The van der Waals surface area contributed by atoms with Gasteiger partial charge in [0.25, 0.3) is 0 Å². The molecule has 0 saturated carbocycles. The van der Waals surface area contributed by atoms with Crippen LogP contribution in [0.15, 0.2) is 12.1 Å². The molecule has 1 aromatic rings. The van der Waals surface area contributed by atoms with Gasteiger partial charge in [-0.1, -0.05) is 6.92 Å². The van der Waals surface area contributed by atoms with Crippen molar-refractivity contribution >= 4 is 11.7 Å². The molecular formula is C10H11F2NO2. The fourth-order valence-electron chi connectivity index (χ4n) is 1.02. The lowest BCUT2D eigenvalue weighted by atomic mass is 10.1. The summed E-state index contributed by atoms with van der Waals surface area (Å²) >= 11 is 0. The quantitative estimate of drug-likeness (QED) is 0.620. The third-order valence-electron chi connectivity index (χ3n) is 1.79. The second-order valence-corrected chi connectivity index (χ2v) is 2.96. The number of halogens is 2. The highest BCUT2D eigenvalue weighted by Crippen LogP contribution is 2.19. The zero-order chi connectivity index (χ0) is 11.4. The lowest BCUT2D eigenvalue weighted by molar-refractivity contribution is 0.0506. The minimum Gasteiger partial charge on any atom is -0.462 e. The molecule has 2 N–H and O–H groups in total. The van der Waals surface area contributed by atoms with E-state index in [1.807, 2.05) is 6.92 Å². The van der Waals surface area contributed by atoms with Crippen LogP contribution in [0.25, 0.3) is 0 Å². The number of nitrogens with two attached hydrogens (primary N) is 1. The summed E-state index contributed by atoms with van der Waals surface area (Å²) in [5.74, 6) is -3.05. The normalized spacial score (nSPS) is 10.1. The van der Waals surface area contributed by atoms with Gasteiger partial charge in [-0.05, 0) is 18.6 Å². The van der Waals surface area contributed by atoms with Crippen LogP contribution in [0.1, 0.15) is 23.7 Å². The van der Waals surface area contributed by atoms with Crippen molar-refractivity contribution in [1.82, 2.24) is 0 Å². The molecular weight excluding hydrogens is 204 g/mol. The number of hydrogen-bond donors (Lipinski definition) is 1. The third kappa shape index (κ3) is 2.43. The first-order valence-corrected chi connectivity index (χ1v) is 4.48. The highest BCUT2D eigenvalue weighted by atomic mass is 19.2. The van der Waals surface area contributed by atoms with Gasteiger partial charge in [0, 0.05) is 0 Å². The van der Waals surface area contributed by atoms with E-state index in [9.17, 15) is 13.6 Å². The number of carbonyl (C=O) groups excluding carboxylic acids is 1. The van der Waals surface area contributed by atoms with Crippen LogP contribution < -0.4 is 5.73 Å². The van der Waals surface area contributed by atoms with Gasteiger partial charge >= 0.3 is 5.97 Å². The molecule has 0 amide bonds. The van der Waals surface area contributed by atoms with Gasteiger partial charge in [-0.25, -0.2) is 13.6 Å². The molecule has 0 aliphatic rings. The van der Waals surface area contributed by atoms with Crippen LogP contribution in [-0.2, 0) is 4.74 Å². The van der Waals surface area contributed by atoms with E-state index in [1.165, 1.54) is 0 Å². The van der Waals surface area contributed by atoms with Crippen molar-refractivity contribution in [2.45, 2.75) is 13.3 Å². The molecule has 0 bridgehead atoms. The lowest BCUT2D eigenvalue weighted by Crippen LogP contribution is -2.10. The van der Waals surface area contributed by atoms with Gasteiger partial charge < -0.3 is 10.5 Å². The Balaban J connectivity index is 2.95. The zero-order valence-corrected chi connectivity index (χ0v) is 8.22. The Bertz CT molecular complexity index is 380. The number of rotatable bonds is 3. The zero-order valence-electron chi connectivity index (χ0n) is 8.22. The SMILES string of the molecule is CCCOC(=O)c1ccc(F)c(F)c1N. The van der Waals surface area contributed by atoms with Gasteiger partial charge in [0.2, 0.25) is 0 Å². The molecule has 5 heteroatoms. The topological polar surface area (TPSA) is 52.3 Å². The maximum absolute atomic E-state index is 13.0. The summed E-state index contributed by atoms with van der Waals surface area (Å²) in [6, 6.07) is 1.94. The predicted octanol–water partition coefficient (Wildman–Crippen LogP) is 2.11. The molecule has 82 valence electrons. The molecule has 0 aliphatic heterocycles. The molecule has 0 atom stereocenters. The molecule has 0 saturated heterocycles. The molecule has 0 heterocycles. The maximum atomic E-state index is 13.0. The molecule has 15 heavy (non-hydrogen) atoms. The van der Waals surface area contributed by atoms with Gasteiger partial charge in [0.1, 0.15) is 0 Å². The first-order valence-electron chi connectivity index (χ1n) is 4.48. The number of carbonyl (C=O) groups is 1. The summed E-state index contributed by atoms with van der Waals surface area (Å²) in [6.07, 6.45) is 0.648. The molecule has 1 aromatic carbocycles. The smallest absolute Gasteiger partial charge is 0.340 e. The number of anilines is 1. The largest absolute Gasteiger partial charge is 0.462 e. The van der Waals surface area contributed by atoms with Crippen molar-refractivity contribution in [3.63, 3.8) is 0 Å². The van der Waals surface area contributed by atoms with Crippen molar-refractivity contribution in [2.75, 3.05) is 12.3 Å². The fraction of sp³-hybridized carbons (Fsp3) is 0.300. The monoisotopic (exact) mass is 215 g/mol. The van der Waals surface area contributed by atoms with E-state index in [2.05, 4.69) is 0 Å². The fourth-order valence-corrected chi connectivity index (χ4v) is 1.02. The van der Waals surface area contributed by atoms with E-state index in [-0.39, 0.29) is 12.2 Å². The van der Waals surface area contributed by atoms with Crippen molar-refractivity contribution in [3.05, 3.63) is 29.3 Å². The summed E-state index contributed by atoms with van der Waals surface area (Å²) in [7, 11) is 0. The van der Waals surface area contributed by atoms with Crippen LogP contribution in [0.5, 0.6) is 0 Å². The Morgan fingerprint density at radius 3 is 2.73 bits per heavy atom. The maximum Gasteiger partial charge on any atom is 0.340 e. The highest BCUT2D eigenvalue weighted by molar-refractivity contribution is 5.95. The molecule has 0 spiro atoms. The summed E-state index contributed by atoms with van der Waals surface area (Å²) in [5.41, 5.74) is 4.57. The molecule has 0 radical (unpaired) electrons. The summed E-state index contributed by atoms with van der Waals surface area (Å²) in [4.78, 5) is 11.3. The number of benzene rings is 1. The van der Waals surface area contributed by atoms with E-state index < -0.39 is 23.3 Å². The van der Waals surface area contributed by atoms with E-state index in [0.29, 0.717) is 6.42 Å². The van der Waals surface area contributed by atoms with E-state index in [0.717, 1.165) is 12.1 Å². The highest BCUT2D eigenvalue weighted by Gasteiger charge is 2.16. The summed E-state index contributed by atoms with van der Waals surface area (Å²) in [6.45, 7) is 2.04. The van der Waals surface area contributed by atoms with Gasteiger partial charge in [0.15, 0.2) is 11.6 Å². The Morgan fingerprint density at radius 1 is 1.47 bits per heavy atom. The average molecular weight is 215 g/mol. The second-order valence-electron chi connectivity index (χ2n) is 2.96. The average Bonchev–Trinajstić information content (AvgIpc) is 2.23. The van der Waals surface area contributed by atoms with Crippen LogP contribution in [0.4, 0.5) is 14.5 Å². The van der Waals surface area contributed by atoms with Crippen molar-refractivity contribution in [2.24, 2.45) is 0 Å². The van der Waals surface area contributed by atoms with Gasteiger partial charge in [-0.15, -0.1) is 0 Å².